The Morgan fingerprint density at radius 1 is 1.50 bits per heavy atom. The van der Waals surface area contributed by atoms with Gasteiger partial charge in [-0.15, -0.1) is 11.6 Å². The zero-order valence-corrected chi connectivity index (χ0v) is 8.12. The second kappa shape index (κ2) is 3.92. The molecule has 0 aliphatic carbocycles. The minimum absolute atomic E-state index is 0.00117. The van der Waals surface area contributed by atoms with Crippen molar-refractivity contribution in [3.05, 3.63) is 34.3 Å². The number of ketones is 1. The van der Waals surface area contributed by atoms with Crippen LogP contribution in [0.2, 0.25) is 5.02 Å². The minimum atomic E-state index is -0.0864. The first-order chi connectivity index (χ1) is 5.66. The third-order valence-electron chi connectivity index (χ3n) is 1.69. The molecule has 0 aliphatic heterocycles. The number of halogens is 2. The highest BCUT2D eigenvalue weighted by atomic mass is 35.5. The fourth-order valence-corrected chi connectivity index (χ4v) is 1.30. The van der Waals surface area contributed by atoms with Gasteiger partial charge in [0, 0.05) is 10.6 Å². The Labute approximate surface area is 81.3 Å². The SMILES string of the molecule is Cc1c(Cl)cccc1C(=O)CCl. The van der Waals surface area contributed by atoms with Crippen LogP contribution >= 0.6 is 23.2 Å². The standard InChI is InChI=1S/C9H8Cl2O/c1-6-7(9(12)5-10)3-2-4-8(6)11/h2-4H,5H2,1H3. The zero-order chi connectivity index (χ0) is 9.14. The van der Waals surface area contributed by atoms with Crippen molar-refractivity contribution in [3.8, 4) is 0 Å². The van der Waals surface area contributed by atoms with Crippen molar-refractivity contribution < 1.29 is 4.79 Å². The van der Waals surface area contributed by atoms with Crippen LogP contribution in [0.15, 0.2) is 18.2 Å². The molecule has 0 amide bonds. The van der Waals surface area contributed by atoms with Crippen molar-refractivity contribution in [2.45, 2.75) is 6.92 Å². The molecule has 12 heavy (non-hydrogen) atoms. The predicted octanol–water partition coefficient (Wildman–Crippen LogP) is 3.07. The molecule has 0 heterocycles. The smallest absolute Gasteiger partial charge is 0.177 e. The molecule has 3 heteroatoms. The molecule has 0 aromatic heterocycles. The van der Waals surface area contributed by atoms with Gasteiger partial charge in [-0.05, 0) is 18.6 Å². The van der Waals surface area contributed by atoms with Crippen LogP contribution in [-0.2, 0) is 0 Å². The van der Waals surface area contributed by atoms with Crippen LogP contribution in [0.5, 0.6) is 0 Å². The summed E-state index contributed by atoms with van der Waals surface area (Å²) < 4.78 is 0. The van der Waals surface area contributed by atoms with E-state index in [2.05, 4.69) is 0 Å². The zero-order valence-electron chi connectivity index (χ0n) is 6.60. The van der Waals surface area contributed by atoms with Gasteiger partial charge in [-0.25, -0.2) is 0 Å². The van der Waals surface area contributed by atoms with Gasteiger partial charge >= 0.3 is 0 Å². The van der Waals surface area contributed by atoms with Gasteiger partial charge in [0.1, 0.15) is 0 Å². The van der Waals surface area contributed by atoms with Gasteiger partial charge in [-0.2, -0.15) is 0 Å². The summed E-state index contributed by atoms with van der Waals surface area (Å²) in [6.07, 6.45) is 0. The maximum absolute atomic E-state index is 11.2. The molecular weight excluding hydrogens is 195 g/mol. The van der Waals surface area contributed by atoms with E-state index in [9.17, 15) is 4.79 Å². The second-order valence-electron chi connectivity index (χ2n) is 2.47. The third kappa shape index (κ3) is 1.79. The maximum Gasteiger partial charge on any atom is 0.177 e. The van der Waals surface area contributed by atoms with Crippen LogP contribution in [0.3, 0.4) is 0 Å². The van der Waals surface area contributed by atoms with E-state index >= 15 is 0 Å². The maximum atomic E-state index is 11.2. The quantitative estimate of drug-likeness (QED) is 0.533. The summed E-state index contributed by atoms with van der Waals surface area (Å²) in [5.41, 5.74) is 1.40. The van der Waals surface area contributed by atoms with E-state index in [-0.39, 0.29) is 11.7 Å². The number of carbonyl (C=O) groups is 1. The number of rotatable bonds is 2. The highest BCUT2D eigenvalue weighted by Crippen LogP contribution is 2.19. The molecular formula is C9H8Cl2O. The van der Waals surface area contributed by atoms with Crippen LogP contribution < -0.4 is 0 Å². The average molecular weight is 203 g/mol. The molecule has 0 fully saturated rings. The minimum Gasteiger partial charge on any atom is -0.293 e. The molecule has 0 atom stereocenters. The Hall–Kier alpha value is -0.530. The van der Waals surface area contributed by atoms with Crippen molar-refractivity contribution in [2.75, 3.05) is 5.88 Å². The molecule has 0 bridgehead atoms. The monoisotopic (exact) mass is 202 g/mol. The van der Waals surface area contributed by atoms with Crippen molar-refractivity contribution in [1.82, 2.24) is 0 Å². The molecule has 1 rings (SSSR count). The van der Waals surface area contributed by atoms with Crippen molar-refractivity contribution in [3.63, 3.8) is 0 Å². The van der Waals surface area contributed by atoms with Gasteiger partial charge in [0.15, 0.2) is 5.78 Å². The number of hydrogen-bond acceptors (Lipinski definition) is 1. The average Bonchev–Trinajstić information content (AvgIpc) is 2.08. The number of benzene rings is 1. The van der Waals surface area contributed by atoms with E-state index in [0.29, 0.717) is 10.6 Å². The third-order valence-corrected chi connectivity index (χ3v) is 2.34. The number of alkyl halides is 1. The first kappa shape index (κ1) is 9.56. The topological polar surface area (TPSA) is 17.1 Å². The van der Waals surface area contributed by atoms with E-state index in [0.717, 1.165) is 5.56 Å². The fraction of sp³-hybridized carbons (Fsp3) is 0.222. The van der Waals surface area contributed by atoms with Gasteiger partial charge in [-0.1, -0.05) is 23.7 Å². The van der Waals surface area contributed by atoms with E-state index < -0.39 is 0 Å². The second-order valence-corrected chi connectivity index (χ2v) is 3.14. The highest BCUT2D eigenvalue weighted by molar-refractivity contribution is 6.33. The summed E-state index contributed by atoms with van der Waals surface area (Å²) in [7, 11) is 0. The highest BCUT2D eigenvalue weighted by Gasteiger charge is 2.08. The summed E-state index contributed by atoms with van der Waals surface area (Å²) in [4.78, 5) is 11.2. The van der Waals surface area contributed by atoms with Crippen LogP contribution in [0.1, 0.15) is 15.9 Å². The lowest BCUT2D eigenvalue weighted by atomic mass is 10.1. The van der Waals surface area contributed by atoms with Crippen LogP contribution in [-0.4, -0.2) is 11.7 Å². The Bertz CT molecular complexity index is 307. The summed E-state index contributed by atoms with van der Waals surface area (Å²) >= 11 is 11.2. The van der Waals surface area contributed by atoms with Crippen LogP contribution in [0.4, 0.5) is 0 Å². The molecule has 1 aromatic carbocycles. The molecule has 0 saturated carbocycles. The first-order valence-corrected chi connectivity index (χ1v) is 4.42. The fourth-order valence-electron chi connectivity index (χ4n) is 0.982. The molecule has 0 N–H and O–H groups in total. The van der Waals surface area contributed by atoms with Crippen molar-refractivity contribution in [1.29, 1.82) is 0 Å². The van der Waals surface area contributed by atoms with E-state index in [1.807, 2.05) is 6.92 Å². The summed E-state index contributed by atoms with van der Waals surface area (Å²) in [6, 6.07) is 5.23. The molecule has 0 saturated heterocycles. The van der Waals surface area contributed by atoms with E-state index in [4.69, 9.17) is 23.2 Å². The molecule has 1 nitrogen and oxygen atoms in total. The van der Waals surface area contributed by atoms with Gasteiger partial charge in [0.05, 0.1) is 5.88 Å². The molecule has 0 radical (unpaired) electrons. The number of hydrogen-bond donors (Lipinski definition) is 0. The molecule has 1 aromatic rings. The number of Topliss-reactive ketones (excluding diaryl/α,β-unsaturated/α-hetero) is 1. The Morgan fingerprint density at radius 3 is 2.75 bits per heavy atom. The number of carbonyl (C=O) groups excluding carboxylic acids is 1. The predicted molar refractivity (Wildman–Crippen MR) is 51.2 cm³/mol. The first-order valence-electron chi connectivity index (χ1n) is 3.51. The van der Waals surface area contributed by atoms with E-state index in [1.54, 1.807) is 18.2 Å². The summed E-state index contributed by atoms with van der Waals surface area (Å²) in [5, 5.41) is 0.603. The van der Waals surface area contributed by atoms with E-state index in [1.165, 1.54) is 0 Å². The lowest BCUT2D eigenvalue weighted by Gasteiger charge is -2.03. The Morgan fingerprint density at radius 2 is 2.17 bits per heavy atom. The summed E-state index contributed by atoms with van der Waals surface area (Å²) in [6.45, 7) is 1.81. The lowest BCUT2D eigenvalue weighted by molar-refractivity contribution is 0.102. The largest absolute Gasteiger partial charge is 0.293 e. The van der Waals surface area contributed by atoms with Gasteiger partial charge in [-0.3, -0.25) is 4.79 Å². The molecule has 0 spiro atoms. The normalized spacial score (nSPS) is 9.92. The van der Waals surface area contributed by atoms with Gasteiger partial charge in [0.25, 0.3) is 0 Å². The van der Waals surface area contributed by atoms with Crippen LogP contribution in [0, 0.1) is 6.92 Å². The molecule has 0 unspecified atom stereocenters. The Kier molecular flexibility index (Phi) is 3.12. The summed E-state index contributed by atoms with van der Waals surface area (Å²) in [5.74, 6) is -0.0852. The molecule has 0 aliphatic rings. The lowest BCUT2D eigenvalue weighted by Crippen LogP contribution is -2.02. The van der Waals surface area contributed by atoms with Gasteiger partial charge in [0.2, 0.25) is 0 Å². The van der Waals surface area contributed by atoms with Crippen molar-refractivity contribution >= 4 is 29.0 Å². The van der Waals surface area contributed by atoms with Crippen molar-refractivity contribution in [2.24, 2.45) is 0 Å². The molecule has 64 valence electrons. The Balaban J connectivity index is 3.16. The van der Waals surface area contributed by atoms with Crippen LogP contribution in [0.25, 0.3) is 0 Å². The van der Waals surface area contributed by atoms with Gasteiger partial charge < -0.3 is 0 Å².